The topological polar surface area (TPSA) is 38.8 Å². The SMILES string of the molecule is CCCCCN(CC)CCOC(=O)C(OCC)(c1ccccc1)c1ccccc1. The Hall–Kier alpha value is -2.17. The molecule has 2 aromatic rings. The first-order valence-corrected chi connectivity index (χ1v) is 10.8. The Bertz CT molecular complexity index is 663. The second kappa shape index (κ2) is 12.4. The van der Waals surface area contributed by atoms with E-state index in [1.165, 1.54) is 19.3 Å². The molecular weight excluding hydrogens is 362 g/mol. The van der Waals surface area contributed by atoms with Gasteiger partial charge in [-0.05, 0) is 37.6 Å². The first-order valence-electron chi connectivity index (χ1n) is 10.8. The van der Waals surface area contributed by atoms with Crippen LogP contribution in [0.2, 0.25) is 0 Å². The fraction of sp³-hybridized carbons (Fsp3) is 0.480. The summed E-state index contributed by atoms with van der Waals surface area (Å²) in [5.74, 6) is -0.360. The van der Waals surface area contributed by atoms with E-state index >= 15 is 0 Å². The monoisotopic (exact) mass is 397 g/mol. The highest BCUT2D eigenvalue weighted by Crippen LogP contribution is 2.35. The maximum absolute atomic E-state index is 13.4. The molecule has 0 unspecified atom stereocenters. The van der Waals surface area contributed by atoms with E-state index in [4.69, 9.17) is 9.47 Å². The molecule has 0 atom stereocenters. The molecule has 0 heterocycles. The van der Waals surface area contributed by atoms with Crippen molar-refractivity contribution >= 4 is 5.97 Å². The van der Waals surface area contributed by atoms with Gasteiger partial charge in [-0.2, -0.15) is 0 Å². The zero-order chi connectivity index (χ0) is 21.0. The lowest BCUT2D eigenvalue weighted by Gasteiger charge is -2.32. The van der Waals surface area contributed by atoms with Crippen LogP contribution in [0, 0.1) is 0 Å². The molecule has 29 heavy (non-hydrogen) atoms. The fourth-order valence-corrected chi connectivity index (χ4v) is 3.57. The molecule has 0 aliphatic rings. The minimum atomic E-state index is -1.25. The summed E-state index contributed by atoms with van der Waals surface area (Å²) in [4.78, 5) is 15.8. The molecule has 0 saturated heterocycles. The maximum atomic E-state index is 13.4. The Morgan fingerprint density at radius 3 is 1.93 bits per heavy atom. The maximum Gasteiger partial charge on any atom is 0.347 e. The van der Waals surface area contributed by atoms with Crippen molar-refractivity contribution in [1.29, 1.82) is 0 Å². The molecule has 0 fully saturated rings. The van der Waals surface area contributed by atoms with Crippen LogP contribution in [0.15, 0.2) is 60.7 Å². The first-order chi connectivity index (χ1) is 14.2. The number of rotatable bonds is 13. The molecule has 0 amide bonds. The lowest BCUT2D eigenvalue weighted by molar-refractivity contribution is -0.168. The number of hydrogen-bond donors (Lipinski definition) is 0. The van der Waals surface area contributed by atoms with Gasteiger partial charge in [-0.25, -0.2) is 4.79 Å². The zero-order valence-corrected chi connectivity index (χ0v) is 18.1. The molecule has 2 rings (SSSR count). The molecule has 0 aromatic heterocycles. The Kier molecular flexibility index (Phi) is 9.89. The number of esters is 1. The van der Waals surface area contributed by atoms with Crippen LogP contribution in [0.25, 0.3) is 0 Å². The van der Waals surface area contributed by atoms with Gasteiger partial charge in [-0.3, -0.25) is 0 Å². The molecule has 0 N–H and O–H groups in total. The van der Waals surface area contributed by atoms with E-state index in [1.807, 2.05) is 67.6 Å². The third kappa shape index (κ3) is 6.15. The number of likely N-dealkylation sites (N-methyl/N-ethyl adjacent to an activating group) is 1. The number of carbonyl (C=O) groups is 1. The molecular formula is C25H35NO3. The highest BCUT2D eigenvalue weighted by atomic mass is 16.6. The minimum absolute atomic E-state index is 0.354. The van der Waals surface area contributed by atoms with Gasteiger partial charge in [0.25, 0.3) is 0 Å². The highest BCUT2D eigenvalue weighted by Gasteiger charge is 2.44. The van der Waals surface area contributed by atoms with Crippen molar-refractivity contribution in [2.75, 3.05) is 32.8 Å². The van der Waals surface area contributed by atoms with Crippen LogP contribution in [0.1, 0.15) is 51.2 Å². The summed E-state index contributed by atoms with van der Waals surface area (Å²) in [5.41, 5.74) is 0.318. The number of hydrogen-bond acceptors (Lipinski definition) is 4. The summed E-state index contributed by atoms with van der Waals surface area (Å²) in [6.45, 7) is 9.73. The number of carbonyl (C=O) groups excluding carboxylic acids is 1. The molecule has 0 saturated carbocycles. The number of benzene rings is 2. The van der Waals surface area contributed by atoms with E-state index in [2.05, 4.69) is 18.7 Å². The van der Waals surface area contributed by atoms with Crippen LogP contribution in [0.4, 0.5) is 0 Å². The third-order valence-electron chi connectivity index (χ3n) is 5.17. The van der Waals surface area contributed by atoms with E-state index in [0.717, 1.165) is 30.8 Å². The van der Waals surface area contributed by atoms with Gasteiger partial charge in [0.1, 0.15) is 6.61 Å². The molecule has 0 radical (unpaired) electrons. The van der Waals surface area contributed by atoms with Crippen LogP contribution in [0.5, 0.6) is 0 Å². The highest BCUT2D eigenvalue weighted by molar-refractivity contribution is 5.85. The second-order valence-corrected chi connectivity index (χ2v) is 7.12. The largest absolute Gasteiger partial charge is 0.462 e. The predicted molar refractivity (Wildman–Crippen MR) is 118 cm³/mol. The molecule has 0 aliphatic heterocycles. The van der Waals surface area contributed by atoms with Crippen LogP contribution >= 0.6 is 0 Å². The Labute approximate surface area is 175 Å². The Morgan fingerprint density at radius 1 is 0.862 bits per heavy atom. The summed E-state index contributed by atoms with van der Waals surface area (Å²) in [6, 6.07) is 19.3. The smallest absolute Gasteiger partial charge is 0.347 e. The summed E-state index contributed by atoms with van der Waals surface area (Å²) in [7, 11) is 0. The summed E-state index contributed by atoms with van der Waals surface area (Å²) >= 11 is 0. The van der Waals surface area contributed by atoms with E-state index in [0.29, 0.717) is 13.2 Å². The van der Waals surface area contributed by atoms with Crippen molar-refractivity contribution < 1.29 is 14.3 Å². The van der Waals surface area contributed by atoms with Crippen molar-refractivity contribution in [3.05, 3.63) is 71.8 Å². The second-order valence-electron chi connectivity index (χ2n) is 7.12. The minimum Gasteiger partial charge on any atom is -0.462 e. The van der Waals surface area contributed by atoms with Crippen molar-refractivity contribution in [2.45, 2.75) is 45.6 Å². The van der Waals surface area contributed by atoms with Crippen LogP contribution in [-0.2, 0) is 19.9 Å². The van der Waals surface area contributed by atoms with E-state index in [1.54, 1.807) is 0 Å². The summed E-state index contributed by atoms with van der Waals surface area (Å²) in [5, 5.41) is 0. The lowest BCUT2D eigenvalue weighted by atomic mass is 9.86. The van der Waals surface area contributed by atoms with E-state index in [-0.39, 0.29) is 5.97 Å². The number of ether oxygens (including phenoxy) is 2. The van der Waals surface area contributed by atoms with Crippen LogP contribution < -0.4 is 0 Å². The van der Waals surface area contributed by atoms with Crippen molar-refractivity contribution in [3.63, 3.8) is 0 Å². The van der Waals surface area contributed by atoms with Crippen LogP contribution in [-0.4, -0.2) is 43.7 Å². The molecule has 2 aromatic carbocycles. The Morgan fingerprint density at radius 2 is 1.45 bits per heavy atom. The first kappa shape index (κ1) is 23.1. The molecule has 0 aliphatic carbocycles. The van der Waals surface area contributed by atoms with Gasteiger partial charge in [0.2, 0.25) is 5.60 Å². The van der Waals surface area contributed by atoms with Gasteiger partial charge in [0.05, 0.1) is 0 Å². The normalized spacial score (nSPS) is 11.6. The standard InChI is InChI=1S/C25H35NO3/c1-4-7-14-19-26(5-2)20-21-28-24(27)25(29-6-3,22-15-10-8-11-16-22)23-17-12-9-13-18-23/h8-13,15-18H,4-7,14,19-21H2,1-3H3. The average molecular weight is 398 g/mol. The van der Waals surface area contributed by atoms with E-state index in [9.17, 15) is 4.79 Å². The lowest BCUT2D eigenvalue weighted by Crippen LogP contribution is -2.42. The molecule has 4 heteroatoms. The average Bonchev–Trinajstić information content (AvgIpc) is 2.77. The molecule has 0 spiro atoms. The number of nitrogens with zero attached hydrogens (tertiary/aromatic N) is 1. The quantitative estimate of drug-likeness (QED) is 0.351. The van der Waals surface area contributed by atoms with Gasteiger partial charge in [-0.1, -0.05) is 87.4 Å². The molecule has 4 nitrogen and oxygen atoms in total. The van der Waals surface area contributed by atoms with Crippen LogP contribution in [0.3, 0.4) is 0 Å². The van der Waals surface area contributed by atoms with Gasteiger partial charge in [0, 0.05) is 13.2 Å². The van der Waals surface area contributed by atoms with Crippen molar-refractivity contribution in [3.8, 4) is 0 Å². The number of unbranched alkanes of at least 4 members (excludes halogenated alkanes) is 2. The van der Waals surface area contributed by atoms with Gasteiger partial charge in [-0.15, -0.1) is 0 Å². The van der Waals surface area contributed by atoms with Gasteiger partial charge < -0.3 is 14.4 Å². The fourth-order valence-electron chi connectivity index (χ4n) is 3.57. The third-order valence-corrected chi connectivity index (χ3v) is 5.17. The van der Waals surface area contributed by atoms with Crippen molar-refractivity contribution in [2.24, 2.45) is 0 Å². The summed E-state index contributed by atoms with van der Waals surface area (Å²) in [6.07, 6.45) is 3.61. The van der Waals surface area contributed by atoms with Gasteiger partial charge >= 0.3 is 5.97 Å². The molecule has 158 valence electrons. The zero-order valence-electron chi connectivity index (χ0n) is 18.1. The Balaban J connectivity index is 2.19. The van der Waals surface area contributed by atoms with E-state index < -0.39 is 5.60 Å². The van der Waals surface area contributed by atoms with Gasteiger partial charge in [0.15, 0.2) is 0 Å². The van der Waals surface area contributed by atoms with Crippen molar-refractivity contribution in [1.82, 2.24) is 4.90 Å². The molecule has 0 bridgehead atoms. The predicted octanol–water partition coefficient (Wildman–Crippen LogP) is 5.02. The summed E-state index contributed by atoms with van der Waals surface area (Å²) < 4.78 is 11.9.